The quantitative estimate of drug-likeness (QED) is 0.807. The zero-order valence-corrected chi connectivity index (χ0v) is 15.0. The third kappa shape index (κ3) is 4.56. The van der Waals surface area contributed by atoms with E-state index in [1.54, 1.807) is 11.8 Å². The predicted molar refractivity (Wildman–Crippen MR) is 96.0 cm³/mol. The van der Waals surface area contributed by atoms with E-state index in [9.17, 15) is 22.8 Å². The number of alkyl halides is 3. The molecular formula is C18H18F3N5O2. The van der Waals surface area contributed by atoms with Gasteiger partial charge in [0, 0.05) is 37.9 Å². The fourth-order valence-electron chi connectivity index (χ4n) is 2.82. The summed E-state index contributed by atoms with van der Waals surface area (Å²) in [6, 6.07) is 5.71. The average Bonchev–Trinajstić information content (AvgIpc) is 2.67. The summed E-state index contributed by atoms with van der Waals surface area (Å²) in [4.78, 5) is 35.4. The van der Waals surface area contributed by atoms with Crippen LogP contribution < -0.4 is 10.2 Å². The van der Waals surface area contributed by atoms with E-state index in [1.165, 1.54) is 18.2 Å². The Bertz CT molecular complexity index is 863. The Morgan fingerprint density at radius 3 is 2.32 bits per heavy atom. The van der Waals surface area contributed by atoms with Crippen LogP contribution in [-0.4, -0.2) is 53.4 Å². The average molecular weight is 393 g/mol. The second-order valence-corrected chi connectivity index (χ2v) is 6.32. The van der Waals surface area contributed by atoms with E-state index in [2.05, 4.69) is 15.3 Å². The number of nitrogens with one attached hydrogen (secondary N) is 1. The maximum Gasteiger partial charge on any atom is 0.416 e. The number of amides is 2. The lowest BCUT2D eigenvalue weighted by molar-refractivity contribution is -0.137. The second-order valence-electron chi connectivity index (χ2n) is 6.32. The Kier molecular flexibility index (Phi) is 5.48. The molecule has 1 aliphatic rings. The van der Waals surface area contributed by atoms with Gasteiger partial charge in [-0.1, -0.05) is 0 Å². The van der Waals surface area contributed by atoms with Crippen molar-refractivity contribution in [3.05, 3.63) is 47.4 Å². The molecule has 0 atom stereocenters. The van der Waals surface area contributed by atoms with Gasteiger partial charge in [0.1, 0.15) is 17.3 Å². The van der Waals surface area contributed by atoms with Crippen molar-refractivity contribution in [1.82, 2.24) is 14.9 Å². The summed E-state index contributed by atoms with van der Waals surface area (Å²) < 4.78 is 37.9. The van der Waals surface area contributed by atoms with Gasteiger partial charge in [0.25, 0.3) is 5.91 Å². The molecule has 2 amide bonds. The minimum atomic E-state index is -4.44. The minimum absolute atomic E-state index is 0.111. The molecule has 0 unspecified atom stereocenters. The molecule has 1 fully saturated rings. The Morgan fingerprint density at radius 1 is 1.11 bits per heavy atom. The number of rotatable bonds is 4. The first-order valence-corrected chi connectivity index (χ1v) is 8.55. The van der Waals surface area contributed by atoms with Gasteiger partial charge >= 0.3 is 6.18 Å². The van der Waals surface area contributed by atoms with Gasteiger partial charge in [-0.05, 0) is 31.2 Å². The highest BCUT2D eigenvalue weighted by molar-refractivity contribution is 6.03. The Hall–Kier alpha value is -3.17. The van der Waals surface area contributed by atoms with Crippen molar-refractivity contribution in [2.75, 3.05) is 36.4 Å². The van der Waals surface area contributed by atoms with E-state index < -0.39 is 17.6 Å². The Labute approximate surface area is 159 Å². The molecule has 0 bridgehead atoms. The number of aromatic nitrogens is 2. The molecule has 0 saturated carbocycles. The van der Waals surface area contributed by atoms with E-state index >= 15 is 0 Å². The van der Waals surface area contributed by atoms with Gasteiger partial charge in [0.2, 0.25) is 6.41 Å². The topological polar surface area (TPSA) is 78.4 Å². The summed E-state index contributed by atoms with van der Waals surface area (Å²) >= 11 is 0. The smallest absolute Gasteiger partial charge is 0.353 e. The van der Waals surface area contributed by atoms with Gasteiger partial charge in [0.15, 0.2) is 0 Å². The van der Waals surface area contributed by atoms with Crippen molar-refractivity contribution >= 4 is 23.8 Å². The number of hydrogen-bond acceptors (Lipinski definition) is 5. The van der Waals surface area contributed by atoms with E-state index in [0.29, 0.717) is 37.8 Å². The minimum Gasteiger partial charge on any atom is -0.353 e. The molecule has 0 radical (unpaired) electrons. The van der Waals surface area contributed by atoms with E-state index in [0.717, 1.165) is 18.5 Å². The van der Waals surface area contributed by atoms with Crippen molar-refractivity contribution in [3.8, 4) is 0 Å². The van der Waals surface area contributed by atoms with Gasteiger partial charge < -0.3 is 15.1 Å². The lowest BCUT2D eigenvalue weighted by Gasteiger charge is -2.33. The summed E-state index contributed by atoms with van der Waals surface area (Å²) in [5, 5.41) is 2.54. The maximum absolute atomic E-state index is 12.6. The molecule has 3 rings (SSSR count). The molecule has 148 valence electrons. The van der Waals surface area contributed by atoms with Crippen molar-refractivity contribution < 1.29 is 22.8 Å². The van der Waals surface area contributed by atoms with E-state index in [-0.39, 0.29) is 11.4 Å². The Balaban J connectivity index is 1.73. The van der Waals surface area contributed by atoms with E-state index in [4.69, 9.17) is 0 Å². The fraction of sp³-hybridized carbons (Fsp3) is 0.333. The van der Waals surface area contributed by atoms with Crippen LogP contribution >= 0.6 is 0 Å². The van der Waals surface area contributed by atoms with Crippen LogP contribution in [0.25, 0.3) is 0 Å². The molecule has 2 aromatic rings. The molecule has 1 aromatic heterocycles. The normalized spacial score (nSPS) is 14.7. The van der Waals surface area contributed by atoms with E-state index in [1.807, 2.05) is 4.90 Å². The number of piperazine rings is 1. The van der Waals surface area contributed by atoms with Crippen molar-refractivity contribution in [3.63, 3.8) is 0 Å². The summed E-state index contributed by atoms with van der Waals surface area (Å²) in [5.74, 6) is 0.418. The molecule has 0 aliphatic carbocycles. The van der Waals surface area contributed by atoms with Gasteiger partial charge in [-0.25, -0.2) is 9.97 Å². The lowest BCUT2D eigenvalue weighted by atomic mass is 10.2. The highest BCUT2D eigenvalue weighted by atomic mass is 19.4. The van der Waals surface area contributed by atoms with Crippen LogP contribution in [0, 0.1) is 6.92 Å². The highest BCUT2D eigenvalue weighted by Gasteiger charge is 2.30. The second kappa shape index (κ2) is 7.83. The number of halogens is 3. The molecule has 1 aliphatic heterocycles. The lowest BCUT2D eigenvalue weighted by Crippen LogP contribution is -2.46. The fourth-order valence-corrected chi connectivity index (χ4v) is 2.82. The highest BCUT2D eigenvalue weighted by Crippen LogP contribution is 2.29. The van der Waals surface area contributed by atoms with Gasteiger partial charge in [0.05, 0.1) is 5.56 Å². The van der Waals surface area contributed by atoms with Gasteiger partial charge in [-0.3, -0.25) is 9.59 Å². The summed E-state index contributed by atoms with van der Waals surface area (Å²) in [6.07, 6.45) is -3.64. The summed E-state index contributed by atoms with van der Waals surface area (Å²) in [5.41, 5.74) is -0.448. The number of hydrogen-bond donors (Lipinski definition) is 1. The van der Waals surface area contributed by atoms with Crippen LogP contribution in [0.3, 0.4) is 0 Å². The molecule has 7 nitrogen and oxygen atoms in total. The molecule has 1 saturated heterocycles. The summed E-state index contributed by atoms with van der Waals surface area (Å²) in [6.45, 7) is 3.92. The molecular weight excluding hydrogens is 375 g/mol. The molecule has 0 spiro atoms. The zero-order chi connectivity index (χ0) is 20.3. The standard InChI is InChI=1S/C18H18F3N5O2/c1-12-22-15(10-16(23-12)26-8-6-25(11-27)7-9-26)17(28)24-14-4-2-13(3-5-14)18(19,20)21/h2-5,10-11H,6-9H2,1H3,(H,24,28). The third-order valence-corrected chi connectivity index (χ3v) is 4.31. The molecule has 28 heavy (non-hydrogen) atoms. The number of anilines is 2. The molecule has 2 heterocycles. The van der Waals surface area contributed by atoms with Crippen LogP contribution in [0.15, 0.2) is 30.3 Å². The monoisotopic (exact) mass is 393 g/mol. The zero-order valence-electron chi connectivity index (χ0n) is 15.0. The number of benzene rings is 1. The number of aryl methyl sites for hydroxylation is 1. The van der Waals surface area contributed by atoms with Crippen LogP contribution in [0.5, 0.6) is 0 Å². The van der Waals surface area contributed by atoms with Crippen LogP contribution in [0.2, 0.25) is 0 Å². The van der Waals surface area contributed by atoms with Crippen molar-refractivity contribution in [1.29, 1.82) is 0 Å². The van der Waals surface area contributed by atoms with Crippen LogP contribution in [-0.2, 0) is 11.0 Å². The Morgan fingerprint density at radius 2 is 1.75 bits per heavy atom. The van der Waals surface area contributed by atoms with Gasteiger partial charge in [-0.15, -0.1) is 0 Å². The molecule has 1 aromatic carbocycles. The molecule has 1 N–H and O–H groups in total. The SMILES string of the molecule is Cc1nc(C(=O)Nc2ccc(C(F)(F)F)cc2)cc(N2CCN(C=O)CC2)n1. The summed E-state index contributed by atoms with van der Waals surface area (Å²) in [7, 11) is 0. The first kappa shape index (κ1) is 19.6. The van der Waals surface area contributed by atoms with Crippen molar-refractivity contribution in [2.24, 2.45) is 0 Å². The van der Waals surface area contributed by atoms with Crippen LogP contribution in [0.4, 0.5) is 24.7 Å². The number of carbonyl (C=O) groups excluding carboxylic acids is 2. The molecule has 10 heteroatoms. The number of nitrogens with zero attached hydrogens (tertiary/aromatic N) is 4. The third-order valence-electron chi connectivity index (χ3n) is 4.31. The van der Waals surface area contributed by atoms with Crippen molar-refractivity contribution in [2.45, 2.75) is 13.1 Å². The number of carbonyl (C=O) groups is 2. The largest absolute Gasteiger partial charge is 0.416 e. The maximum atomic E-state index is 12.6. The van der Waals surface area contributed by atoms with Gasteiger partial charge in [-0.2, -0.15) is 13.2 Å². The predicted octanol–water partition coefficient (Wildman–Crippen LogP) is 2.33. The van der Waals surface area contributed by atoms with Crippen LogP contribution in [0.1, 0.15) is 21.9 Å². The first-order valence-electron chi connectivity index (χ1n) is 8.55. The first-order chi connectivity index (χ1) is 13.3.